The Bertz CT molecular complexity index is 432. The molecule has 5 heteroatoms. The molecule has 0 spiro atoms. The first-order valence-electron chi connectivity index (χ1n) is 8.27. The van der Waals surface area contributed by atoms with E-state index in [4.69, 9.17) is 15.5 Å². The van der Waals surface area contributed by atoms with Crippen LogP contribution in [0.3, 0.4) is 0 Å². The van der Waals surface area contributed by atoms with Gasteiger partial charge in [0, 0.05) is 45.1 Å². The summed E-state index contributed by atoms with van der Waals surface area (Å²) in [7, 11) is 0. The fourth-order valence-electron chi connectivity index (χ4n) is 3.10. The number of hydrogen-bond donors (Lipinski definition) is 1. The highest BCUT2D eigenvalue weighted by Gasteiger charge is 2.27. The molecule has 2 atom stereocenters. The summed E-state index contributed by atoms with van der Waals surface area (Å²) in [6, 6.07) is 0.341. The van der Waals surface area contributed by atoms with Crippen molar-refractivity contribution in [1.29, 1.82) is 0 Å². The van der Waals surface area contributed by atoms with E-state index in [2.05, 4.69) is 29.5 Å². The van der Waals surface area contributed by atoms with E-state index in [1.54, 1.807) is 0 Å². The van der Waals surface area contributed by atoms with Crippen LogP contribution in [0.1, 0.15) is 38.8 Å². The zero-order valence-corrected chi connectivity index (χ0v) is 13.7. The minimum atomic E-state index is 0.341. The molecule has 1 aromatic rings. The standard InChI is InChI=1S/C16H30N4O/c1-4-14-12-20(9-7-15(14)17)16-18-13(3)11-19(16)8-6-10-21-5-2/h11,14-15H,4-10,12,17H2,1-3H3. The fourth-order valence-corrected chi connectivity index (χ4v) is 3.10. The van der Waals surface area contributed by atoms with Gasteiger partial charge in [0.05, 0.1) is 5.69 Å². The Hall–Kier alpha value is -1.07. The fraction of sp³-hybridized carbons (Fsp3) is 0.812. The van der Waals surface area contributed by atoms with Crippen LogP contribution >= 0.6 is 0 Å². The van der Waals surface area contributed by atoms with Crippen LogP contribution in [0.15, 0.2) is 6.20 Å². The van der Waals surface area contributed by atoms with E-state index in [0.717, 1.165) is 63.8 Å². The predicted molar refractivity (Wildman–Crippen MR) is 86.7 cm³/mol. The van der Waals surface area contributed by atoms with Gasteiger partial charge in [-0.2, -0.15) is 0 Å². The van der Waals surface area contributed by atoms with Gasteiger partial charge < -0.3 is 19.9 Å². The zero-order valence-electron chi connectivity index (χ0n) is 13.7. The Morgan fingerprint density at radius 2 is 2.24 bits per heavy atom. The van der Waals surface area contributed by atoms with Gasteiger partial charge in [0.25, 0.3) is 0 Å². The number of hydrogen-bond acceptors (Lipinski definition) is 4. The van der Waals surface area contributed by atoms with Gasteiger partial charge in [-0.25, -0.2) is 4.98 Å². The first-order chi connectivity index (χ1) is 10.2. The van der Waals surface area contributed by atoms with Crippen molar-refractivity contribution in [3.8, 4) is 0 Å². The third-order valence-corrected chi connectivity index (χ3v) is 4.37. The molecular formula is C16H30N4O. The third kappa shape index (κ3) is 4.20. The molecule has 2 heterocycles. The van der Waals surface area contributed by atoms with Crippen LogP contribution in [-0.2, 0) is 11.3 Å². The molecular weight excluding hydrogens is 264 g/mol. The molecule has 1 fully saturated rings. The second-order valence-corrected chi connectivity index (χ2v) is 5.99. The first kappa shape index (κ1) is 16.3. The highest BCUT2D eigenvalue weighted by molar-refractivity contribution is 5.34. The summed E-state index contributed by atoms with van der Waals surface area (Å²) in [6.07, 6.45) is 5.38. The maximum Gasteiger partial charge on any atom is 0.205 e. The molecule has 2 N–H and O–H groups in total. The number of nitrogens with two attached hydrogens (primary N) is 1. The monoisotopic (exact) mass is 294 g/mol. The van der Waals surface area contributed by atoms with Crippen molar-refractivity contribution < 1.29 is 4.74 Å². The lowest BCUT2D eigenvalue weighted by Gasteiger charge is -2.37. The van der Waals surface area contributed by atoms with Crippen LogP contribution in [0.5, 0.6) is 0 Å². The second kappa shape index (κ2) is 7.80. The Morgan fingerprint density at radius 1 is 1.43 bits per heavy atom. The van der Waals surface area contributed by atoms with Gasteiger partial charge in [-0.3, -0.25) is 0 Å². The molecule has 120 valence electrons. The third-order valence-electron chi connectivity index (χ3n) is 4.37. The average molecular weight is 294 g/mol. The number of nitrogens with zero attached hydrogens (tertiary/aromatic N) is 3. The largest absolute Gasteiger partial charge is 0.382 e. The maximum absolute atomic E-state index is 6.22. The van der Waals surface area contributed by atoms with Gasteiger partial charge in [-0.05, 0) is 32.6 Å². The van der Waals surface area contributed by atoms with E-state index in [1.807, 2.05) is 6.92 Å². The SMILES string of the molecule is CCOCCCn1cc(C)nc1N1CCC(N)C(CC)C1. The molecule has 0 radical (unpaired) electrons. The Balaban J connectivity index is 2.01. The van der Waals surface area contributed by atoms with Crippen LogP contribution in [0, 0.1) is 12.8 Å². The maximum atomic E-state index is 6.22. The molecule has 21 heavy (non-hydrogen) atoms. The smallest absolute Gasteiger partial charge is 0.205 e. The van der Waals surface area contributed by atoms with E-state index in [1.165, 1.54) is 0 Å². The van der Waals surface area contributed by atoms with Crippen molar-refractivity contribution in [3.05, 3.63) is 11.9 Å². The molecule has 1 aromatic heterocycles. The molecule has 0 aromatic carbocycles. The number of imidazole rings is 1. The summed E-state index contributed by atoms with van der Waals surface area (Å²) in [4.78, 5) is 7.14. The van der Waals surface area contributed by atoms with Crippen molar-refractivity contribution in [2.75, 3.05) is 31.2 Å². The minimum Gasteiger partial charge on any atom is -0.382 e. The highest BCUT2D eigenvalue weighted by atomic mass is 16.5. The number of anilines is 1. The molecule has 2 rings (SSSR count). The van der Waals surface area contributed by atoms with E-state index in [0.29, 0.717) is 12.0 Å². The summed E-state index contributed by atoms with van der Waals surface area (Å²) >= 11 is 0. The number of ether oxygens (including phenoxy) is 1. The lowest BCUT2D eigenvalue weighted by molar-refractivity contribution is 0.141. The van der Waals surface area contributed by atoms with Gasteiger partial charge in [-0.1, -0.05) is 13.3 Å². The Kier molecular flexibility index (Phi) is 6.06. The summed E-state index contributed by atoms with van der Waals surface area (Å²) in [6.45, 7) is 10.9. The molecule has 2 unspecified atom stereocenters. The van der Waals surface area contributed by atoms with Crippen molar-refractivity contribution in [3.63, 3.8) is 0 Å². The number of aryl methyl sites for hydroxylation is 2. The van der Waals surface area contributed by atoms with Gasteiger partial charge in [0.15, 0.2) is 0 Å². The van der Waals surface area contributed by atoms with Crippen molar-refractivity contribution in [2.24, 2.45) is 11.7 Å². The van der Waals surface area contributed by atoms with E-state index < -0.39 is 0 Å². The lowest BCUT2D eigenvalue weighted by atomic mass is 9.91. The Morgan fingerprint density at radius 3 is 2.95 bits per heavy atom. The quantitative estimate of drug-likeness (QED) is 0.783. The molecule has 5 nitrogen and oxygen atoms in total. The molecule has 0 amide bonds. The van der Waals surface area contributed by atoms with Crippen molar-refractivity contribution in [1.82, 2.24) is 9.55 Å². The molecule has 1 aliphatic rings. The summed E-state index contributed by atoms with van der Waals surface area (Å²) in [5.74, 6) is 1.68. The summed E-state index contributed by atoms with van der Waals surface area (Å²) in [5, 5.41) is 0. The van der Waals surface area contributed by atoms with Crippen LogP contribution in [0.4, 0.5) is 5.95 Å². The Labute approximate surface area is 128 Å². The number of piperidine rings is 1. The number of aromatic nitrogens is 2. The zero-order chi connectivity index (χ0) is 15.2. The van der Waals surface area contributed by atoms with Crippen LogP contribution in [-0.4, -0.2) is 41.9 Å². The van der Waals surface area contributed by atoms with E-state index >= 15 is 0 Å². The average Bonchev–Trinajstić information content (AvgIpc) is 2.85. The molecule has 0 aliphatic carbocycles. The molecule has 1 saturated heterocycles. The topological polar surface area (TPSA) is 56.3 Å². The minimum absolute atomic E-state index is 0.341. The summed E-state index contributed by atoms with van der Waals surface area (Å²) < 4.78 is 7.71. The van der Waals surface area contributed by atoms with Crippen LogP contribution in [0.2, 0.25) is 0 Å². The summed E-state index contributed by atoms with van der Waals surface area (Å²) in [5.41, 5.74) is 7.30. The lowest BCUT2D eigenvalue weighted by Crippen LogP contribution is -2.47. The van der Waals surface area contributed by atoms with Crippen LogP contribution < -0.4 is 10.6 Å². The second-order valence-electron chi connectivity index (χ2n) is 5.99. The first-order valence-corrected chi connectivity index (χ1v) is 8.27. The molecule has 1 aliphatic heterocycles. The van der Waals surface area contributed by atoms with E-state index in [-0.39, 0.29) is 0 Å². The highest BCUT2D eigenvalue weighted by Crippen LogP contribution is 2.24. The van der Waals surface area contributed by atoms with Crippen molar-refractivity contribution in [2.45, 2.75) is 52.6 Å². The van der Waals surface area contributed by atoms with Gasteiger partial charge in [0.2, 0.25) is 5.95 Å². The number of rotatable bonds is 7. The van der Waals surface area contributed by atoms with Gasteiger partial charge in [0.1, 0.15) is 0 Å². The molecule has 0 bridgehead atoms. The van der Waals surface area contributed by atoms with E-state index in [9.17, 15) is 0 Å². The van der Waals surface area contributed by atoms with Crippen LogP contribution in [0.25, 0.3) is 0 Å². The normalized spacial score (nSPS) is 22.8. The van der Waals surface area contributed by atoms with Crippen molar-refractivity contribution >= 4 is 5.95 Å². The predicted octanol–water partition coefficient (Wildman–Crippen LogP) is 2.18. The van der Waals surface area contributed by atoms with Gasteiger partial charge in [-0.15, -0.1) is 0 Å². The van der Waals surface area contributed by atoms with Gasteiger partial charge >= 0.3 is 0 Å². The molecule has 0 saturated carbocycles.